The number of sulfonamides is 1. The van der Waals surface area contributed by atoms with E-state index in [9.17, 15) is 18.5 Å². The molecule has 9 heteroatoms. The van der Waals surface area contributed by atoms with Gasteiger partial charge in [-0.3, -0.25) is 15.1 Å². The summed E-state index contributed by atoms with van der Waals surface area (Å²) in [4.78, 5) is 14.2. The van der Waals surface area contributed by atoms with Crippen molar-refractivity contribution >= 4 is 15.7 Å². The zero-order chi connectivity index (χ0) is 17.2. The Bertz CT molecular complexity index is 842. The molecule has 0 radical (unpaired) electrons. The van der Waals surface area contributed by atoms with E-state index < -0.39 is 26.7 Å². The lowest BCUT2D eigenvalue weighted by Crippen LogP contribution is -2.48. The van der Waals surface area contributed by atoms with Gasteiger partial charge in [-0.2, -0.15) is 4.31 Å². The zero-order valence-electron chi connectivity index (χ0n) is 12.7. The summed E-state index contributed by atoms with van der Waals surface area (Å²) in [5.74, 6) is 0. The fourth-order valence-corrected chi connectivity index (χ4v) is 4.57. The van der Waals surface area contributed by atoms with Crippen molar-refractivity contribution in [3.8, 4) is 0 Å². The van der Waals surface area contributed by atoms with Crippen molar-refractivity contribution in [1.82, 2.24) is 14.6 Å². The maximum Gasteiger partial charge on any atom is 0.289 e. The summed E-state index contributed by atoms with van der Waals surface area (Å²) in [5.41, 5.74) is 0.379. The van der Waals surface area contributed by atoms with Gasteiger partial charge in [0.25, 0.3) is 15.7 Å². The van der Waals surface area contributed by atoms with Crippen molar-refractivity contribution in [3.05, 3.63) is 64.5 Å². The van der Waals surface area contributed by atoms with Gasteiger partial charge >= 0.3 is 0 Å². The van der Waals surface area contributed by atoms with Crippen LogP contribution in [0.5, 0.6) is 0 Å². The number of nitrogens with one attached hydrogen (secondary N) is 1. The first-order valence-corrected chi connectivity index (χ1v) is 8.82. The van der Waals surface area contributed by atoms with E-state index in [4.69, 9.17) is 0 Å². The molecule has 2 heterocycles. The molecule has 1 fully saturated rings. The molecule has 2 aromatic rings. The first-order chi connectivity index (χ1) is 11.5. The van der Waals surface area contributed by atoms with Crippen molar-refractivity contribution in [1.29, 1.82) is 0 Å². The number of para-hydroxylation sites is 1. The normalized spacial score (nSPS) is 19.1. The topological polar surface area (TPSA) is 105 Å². The van der Waals surface area contributed by atoms with Crippen LogP contribution in [0.2, 0.25) is 0 Å². The van der Waals surface area contributed by atoms with E-state index in [1.54, 1.807) is 24.5 Å². The van der Waals surface area contributed by atoms with Gasteiger partial charge in [-0.1, -0.05) is 12.1 Å². The van der Waals surface area contributed by atoms with Crippen LogP contribution in [0.3, 0.4) is 0 Å². The van der Waals surface area contributed by atoms with Crippen LogP contribution < -0.4 is 5.32 Å². The highest BCUT2D eigenvalue weighted by molar-refractivity contribution is 7.89. The average Bonchev–Trinajstić information content (AvgIpc) is 2.62. The monoisotopic (exact) mass is 348 g/mol. The van der Waals surface area contributed by atoms with E-state index in [1.165, 1.54) is 28.6 Å². The minimum atomic E-state index is -4.00. The van der Waals surface area contributed by atoms with Crippen LogP contribution in [-0.4, -0.2) is 42.3 Å². The minimum Gasteiger partial charge on any atom is -0.313 e. The third kappa shape index (κ3) is 3.01. The molecule has 3 rings (SSSR count). The van der Waals surface area contributed by atoms with Gasteiger partial charge in [0.2, 0.25) is 0 Å². The Labute approximate surface area is 139 Å². The molecule has 1 aliphatic heterocycles. The molecule has 1 saturated heterocycles. The molecular weight excluding hydrogens is 332 g/mol. The Morgan fingerprint density at radius 3 is 2.62 bits per heavy atom. The molecule has 1 atom stereocenters. The summed E-state index contributed by atoms with van der Waals surface area (Å²) in [5, 5.41) is 14.4. The smallest absolute Gasteiger partial charge is 0.289 e. The molecular formula is C15H16N4O4S. The second-order valence-electron chi connectivity index (χ2n) is 5.34. The number of piperazine rings is 1. The lowest BCUT2D eigenvalue weighted by atomic mass is 10.1. The summed E-state index contributed by atoms with van der Waals surface area (Å²) in [6.45, 7) is 1.16. The molecule has 1 aromatic heterocycles. The minimum absolute atomic E-state index is 0.237. The van der Waals surface area contributed by atoms with E-state index in [2.05, 4.69) is 10.3 Å². The fourth-order valence-electron chi connectivity index (χ4n) is 2.80. The van der Waals surface area contributed by atoms with E-state index in [1.807, 2.05) is 0 Å². The summed E-state index contributed by atoms with van der Waals surface area (Å²) in [6.07, 6.45) is 3.19. The Hall–Kier alpha value is -2.36. The van der Waals surface area contributed by atoms with Gasteiger partial charge in [0.15, 0.2) is 4.90 Å². The van der Waals surface area contributed by atoms with Crippen LogP contribution in [0.15, 0.2) is 53.7 Å². The number of hydrogen-bond donors (Lipinski definition) is 1. The van der Waals surface area contributed by atoms with Crippen LogP contribution in [-0.2, 0) is 10.0 Å². The second kappa shape index (κ2) is 6.63. The highest BCUT2D eigenvalue weighted by atomic mass is 32.2. The quantitative estimate of drug-likeness (QED) is 0.660. The standard InChI is InChI=1S/C15H16N4O4S/c20-19(21)13-3-1-2-4-15(13)24(22,23)18-10-9-17-11-14(18)12-5-7-16-8-6-12/h1-8,14,17H,9-11H2. The van der Waals surface area contributed by atoms with Crippen LogP contribution in [0, 0.1) is 10.1 Å². The molecule has 0 amide bonds. The molecule has 0 aliphatic carbocycles. The molecule has 0 saturated carbocycles. The Kier molecular flexibility index (Phi) is 4.56. The summed E-state index contributed by atoms with van der Waals surface area (Å²) in [7, 11) is -4.00. The third-order valence-electron chi connectivity index (χ3n) is 3.93. The van der Waals surface area contributed by atoms with Crippen LogP contribution in [0.25, 0.3) is 0 Å². The van der Waals surface area contributed by atoms with Crippen LogP contribution >= 0.6 is 0 Å². The predicted molar refractivity (Wildman–Crippen MR) is 86.8 cm³/mol. The highest BCUT2D eigenvalue weighted by Gasteiger charge is 2.37. The fraction of sp³-hybridized carbons (Fsp3) is 0.267. The number of pyridine rings is 1. The SMILES string of the molecule is O=[N+]([O-])c1ccccc1S(=O)(=O)N1CCNCC1c1ccncc1. The summed E-state index contributed by atoms with van der Waals surface area (Å²) < 4.78 is 27.5. The third-order valence-corrected chi connectivity index (χ3v) is 5.89. The van der Waals surface area contributed by atoms with E-state index in [-0.39, 0.29) is 11.4 Å². The second-order valence-corrected chi connectivity index (χ2v) is 7.20. The molecule has 1 unspecified atom stereocenters. The number of nitro groups is 1. The summed E-state index contributed by atoms with van der Waals surface area (Å²) in [6, 6.07) is 8.49. The zero-order valence-corrected chi connectivity index (χ0v) is 13.5. The van der Waals surface area contributed by atoms with Gasteiger partial charge < -0.3 is 5.32 Å². The number of nitrogens with zero attached hydrogens (tertiary/aromatic N) is 3. The van der Waals surface area contributed by atoms with E-state index in [0.717, 1.165) is 5.56 Å². The van der Waals surface area contributed by atoms with Gasteiger partial charge in [0, 0.05) is 38.1 Å². The van der Waals surface area contributed by atoms with Crippen molar-refractivity contribution in [2.24, 2.45) is 0 Å². The number of aromatic nitrogens is 1. The van der Waals surface area contributed by atoms with Gasteiger partial charge in [-0.25, -0.2) is 8.42 Å². The lowest BCUT2D eigenvalue weighted by Gasteiger charge is -2.35. The first-order valence-electron chi connectivity index (χ1n) is 7.38. The van der Waals surface area contributed by atoms with Crippen molar-refractivity contribution in [3.63, 3.8) is 0 Å². The Morgan fingerprint density at radius 2 is 1.92 bits per heavy atom. The van der Waals surface area contributed by atoms with Crippen molar-refractivity contribution in [2.45, 2.75) is 10.9 Å². The number of rotatable bonds is 4. The molecule has 24 heavy (non-hydrogen) atoms. The molecule has 8 nitrogen and oxygen atoms in total. The first kappa shape index (κ1) is 16.5. The highest BCUT2D eigenvalue weighted by Crippen LogP contribution is 2.32. The van der Waals surface area contributed by atoms with Gasteiger partial charge in [0.1, 0.15) is 0 Å². The number of hydrogen-bond acceptors (Lipinski definition) is 6. The Morgan fingerprint density at radius 1 is 1.21 bits per heavy atom. The molecule has 1 N–H and O–H groups in total. The van der Waals surface area contributed by atoms with E-state index >= 15 is 0 Å². The predicted octanol–water partition coefficient (Wildman–Crippen LogP) is 1.32. The largest absolute Gasteiger partial charge is 0.313 e. The van der Waals surface area contributed by atoms with Gasteiger partial charge in [-0.05, 0) is 23.8 Å². The molecule has 0 spiro atoms. The maximum atomic E-state index is 13.1. The number of nitro benzene ring substituents is 1. The van der Waals surface area contributed by atoms with Gasteiger partial charge in [-0.15, -0.1) is 0 Å². The lowest BCUT2D eigenvalue weighted by molar-refractivity contribution is -0.387. The molecule has 1 aliphatic rings. The van der Waals surface area contributed by atoms with E-state index in [0.29, 0.717) is 13.1 Å². The summed E-state index contributed by atoms with van der Waals surface area (Å²) >= 11 is 0. The average molecular weight is 348 g/mol. The van der Waals surface area contributed by atoms with Crippen LogP contribution in [0.1, 0.15) is 11.6 Å². The van der Waals surface area contributed by atoms with Crippen molar-refractivity contribution < 1.29 is 13.3 Å². The van der Waals surface area contributed by atoms with Crippen molar-refractivity contribution in [2.75, 3.05) is 19.6 Å². The van der Waals surface area contributed by atoms with Gasteiger partial charge in [0.05, 0.1) is 11.0 Å². The molecule has 0 bridgehead atoms. The maximum absolute atomic E-state index is 13.1. The Balaban J connectivity index is 2.06. The number of benzene rings is 1. The molecule has 126 valence electrons. The van der Waals surface area contributed by atoms with Crippen LogP contribution in [0.4, 0.5) is 5.69 Å². The molecule has 1 aromatic carbocycles.